The predicted molar refractivity (Wildman–Crippen MR) is 105 cm³/mol. The van der Waals surface area contributed by atoms with E-state index >= 15 is 0 Å². The molecule has 0 radical (unpaired) electrons. The van der Waals surface area contributed by atoms with Crippen LogP contribution >= 0.6 is 11.8 Å². The van der Waals surface area contributed by atoms with E-state index in [4.69, 9.17) is 11.5 Å². The summed E-state index contributed by atoms with van der Waals surface area (Å²) < 4.78 is 0. The standard InChI is InChI=1S/C17H24N6OS/c1-4-23(11(2)3)13-7-5-12(6-8-13)20-16(24)10-25-17-21-14(18)9-15(19)22-17/h5-9,11H,4,10H2,1-3H3,(H,20,24)(H4,18,19,21,22). The van der Waals surface area contributed by atoms with Crippen LogP contribution in [0.25, 0.3) is 0 Å². The summed E-state index contributed by atoms with van der Waals surface area (Å²) in [5.41, 5.74) is 13.1. The number of hydrogen-bond donors (Lipinski definition) is 3. The van der Waals surface area contributed by atoms with Gasteiger partial charge in [-0.2, -0.15) is 0 Å². The number of carbonyl (C=O) groups is 1. The minimum absolute atomic E-state index is 0.140. The van der Waals surface area contributed by atoms with Crippen LogP contribution in [0, 0.1) is 0 Å². The van der Waals surface area contributed by atoms with Crippen molar-refractivity contribution < 1.29 is 4.79 Å². The van der Waals surface area contributed by atoms with Gasteiger partial charge in [-0.25, -0.2) is 9.97 Å². The molecule has 2 rings (SSSR count). The van der Waals surface area contributed by atoms with Gasteiger partial charge < -0.3 is 21.7 Å². The second-order valence-electron chi connectivity index (χ2n) is 5.76. The Bertz CT molecular complexity index is 699. The maximum Gasteiger partial charge on any atom is 0.234 e. The molecule has 1 heterocycles. The highest BCUT2D eigenvalue weighted by molar-refractivity contribution is 7.99. The number of anilines is 4. The Balaban J connectivity index is 1.92. The summed E-state index contributed by atoms with van der Waals surface area (Å²) in [5.74, 6) is 0.615. The van der Waals surface area contributed by atoms with Gasteiger partial charge in [0.15, 0.2) is 5.16 Å². The number of benzene rings is 1. The van der Waals surface area contributed by atoms with E-state index in [1.165, 1.54) is 17.8 Å². The zero-order valence-electron chi connectivity index (χ0n) is 14.7. The van der Waals surface area contributed by atoms with Gasteiger partial charge in [0.05, 0.1) is 5.75 Å². The number of nitrogens with zero attached hydrogens (tertiary/aromatic N) is 3. The molecule has 0 saturated carbocycles. The van der Waals surface area contributed by atoms with E-state index in [0.29, 0.717) is 11.2 Å². The first kappa shape index (κ1) is 18.9. The number of nitrogens with two attached hydrogens (primary N) is 2. The first-order chi connectivity index (χ1) is 11.9. The summed E-state index contributed by atoms with van der Waals surface area (Å²) in [6.45, 7) is 7.37. The molecule has 0 spiro atoms. The number of hydrogen-bond acceptors (Lipinski definition) is 7. The Kier molecular flexibility index (Phi) is 6.46. The molecule has 0 fully saturated rings. The molecule has 0 aliphatic rings. The van der Waals surface area contributed by atoms with E-state index in [1.807, 2.05) is 24.3 Å². The number of thioether (sulfide) groups is 1. The van der Waals surface area contributed by atoms with Crippen molar-refractivity contribution in [2.75, 3.05) is 34.0 Å². The van der Waals surface area contributed by atoms with Crippen LogP contribution < -0.4 is 21.7 Å². The van der Waals surface area contributed by atoms with E-state index in [0.717, 1.165) is 17.9 Å². The molecule has 0 aliphatic carbocycles. The summed E-state index contributed by atoms with van der Waals surface area (Å²) in [7, 11) is 0. The van der Waals surface area contributed by atoms with Crippen molar-refractivity contribution in [2.45, 2.75) is 32.0 Å². The molecule has 25 heavy (non-hydrogen) atoms. The Morgan fingerprint density at radius 1 is 1.20 bits per heavy atom. The Morgan fingerprint density at radius 3 is 2.32 bits per heavy atom. The Morgan fingerprint density at radius 2 is 1.80 bits per heavy atom. The fraction of sp³-hybridized carbons (Fsp3) is 0.353. The van der Waals surface area contributed by atoms with Gasteiger partial charge in [0, 0.05) is 30.0 Å². The van der Waals surface area contributed by atoms with Crippen LogP contribution in [0.15, 0.2) is 35.5 Å². The van der Waals surface area contributed by atoms with Crippen molar-refractivity contribution in [1.29, 1.82) is 0 Å². The molecule has 0 unspecified atom stereocenters. The summed E-state index contributed by atoms with van der Waals surface area (Å²) >= 11 is 1.19. The van der Waals surface area contributed by atoms with Crippen molar-refractivity contribution in [3.05, 3.63) is 30.3 Å². The molecular formula is C17H24N6OS. The number of aromatic nitrogens is 2. The second-order valence-corrected chi connectivity index (χ2v) is 6.71. The highest BCUT2D eigenvalue weighted by atomic mass is 32.2. The van der Waals surface area contributed by atoms with Gasteiger partial charge in [0.1, 0.15) is 11.6 Å². The molecule has 1 aromatic carbocycles. The lowest BCUT2D eigenvalue weighted by Crippen LogP contribution is -2.30. The second kappa shape index (κ2) is 8.57. The first-order valence-electron chi connectivity index (χ1n) is 8.08. The average Bonchev–Trinajstić information content (AvgIpc) is 2.54. The summed E-state index contributed by atoms with van der Waals surface area (Å²) in [6.07, 6.45) is 0. The molecule has 1 aromatic heterocycles. The van der Waals surface area contributed by atoms with Crippen molar-refractivity contribution in [3.8, 4) is 0 Å². The van der Waals surface area contributed by atoms with Gasteiger partial charge in [0.2, 0.25) is 5.91 Å². The molecule has 5 N–H and O–H groups in total. The lowest BCUT2D eigenvalue weighted by Gasteiger charge is -2.27. The number of carbonyl (C=O) groups excluding carboxylic acids is 1. The highest BCUT2D eigenvalue weighted by Crippen LogP contribution is 2.21. The fourth-order valence-corrected chi connectivity index (χ4v) is 3.11. The average molecular weight is 360 g/mol. The van der Waals surface area contributed by atoms with Gasteiger partial charge in [-0.1, -0.05) is 11.8 Å². The van der Waals surface area contributed by atoms with Crippen molar-refractivity contribution in [1.82, 2.24) is 9.97 Å². The number of nitrogen functional groups attached to an aromatic ring is 2. The van der Waals surface area contributed by atoms with Gasteiger partial charge in [-0.05, 0) is 45.0 Å². The zero-order chi connectivity index (χ0) is 18.4. The molecule has 0 saturated heterocycles. The molecule has 7 nitrogen and oxygen atoms in total. The highest BCUT2D eigenvalue weighted by Gasteiger charge is 2.10. The summed E-state index contributed by atoms with van der Waals surface area (Å²) in [5, 5.41) is 3.25. The van der Waals surface area contributed by atoms with E-state index in [1.54, 1.807) is 0 Å². The van der Waals surface area contributed by atoms with Crippen LogP contribution in [0.4, 0.5) is 23.0 Å². The predicted octanol–water partition coefficient (Wildman–Crippen LogP) is 2.61. The smallest absolute Gasteiger partial charge is 0.234 e. The van der Waals surface area contributed by atoms with Crippen LogP contribution in [0.2, 0.25) is 0 Å². The van der Waals surface area contributed by atoms with Gasteiger partial charge in [0.25, 0.3) is 0 Å². The molecule has 0 atom stereocenters. The van der Waals surface area contributed by atoms with E-state index < -0.39 is 0 Å². The molecule has 0 aliphatic heterocycles. The van der Waals surface area contributed by atoms with Crippen LogP contribution in [0.1, 0.15) is 20.8 Å². The minimum atomic E-state index is -0.140. The number of nitrogens with one attached hydrogen (secondary N) is 1. The SMILES string of the molecule is CCN(c1ccc(NC(=O)CSc2nc(N)cc(N)n2)cc1)C(C)C. The lowest BCUT2D eigenvalue weighted by molar-refractivity contribution is -0.113. The Labute approximate surface area is 152 Å². The molecule has 134 valence electrons. The van der Waals surface area contributed by atoms with Crippen molar-refractivity contribution in [2.24, 2.45) is 0 Å². The first-order valence-corrected chi connectivity index (χ1v) is 9.07. The van der Waals surface area contributed by atoms with Gasteiger partial charge in [-0.3, -0.25) is 4.79 Å². The van der Waals surface area contributed by atoms with Gasteiger partial charge in [-0.15, -0.1) is 0 Å². The maximum atomic E-state index is 12.1. The molecular weight excluding hydrogens is 336 g/mol. The third-order valence-electron chi connectivity index (χ3n) is 3.52. The van der Waals surface area contributed by atoms with Crippen LogP contribution in [0.3, 0.4) is 0 Å². The van der Waals surface area contributed by atoms with Crippen LogP contribution in [-0.4, -0.2) is 34.2 Å². The molecule has 1 amide bonds. The number of amides is 1. The van der Waals surface area contributed by atoms with E-state index in [2.05, 4.69) is 41.0 Å². The monoisotopic (exact) mass is 360 g/mol. The molecule has 2 aromatic rings. The van der Waals surface area contributed by atoms with Crippen molar-refractivity contribution >= 4 is 40.7 Å². The maximum absolute atomic E-state index is 12.1. The fourth-order valence-electron chi connectivity index (χ4n) is 2.44. The summed E-state index contributed by atoms with van der Waals surface area (Å²) in [4.78, 5) is 22.4. The molecule has 0 bridgehead atoms. The van der Waals surface area contributed by atoms with E-state index in [-0.39, 0.29) is 23.3 Å². The third-order valence-corrected chi connectivity index (χ3v) is 4.37. The quantitative estimate of drug-likeness (QED) is 0.514. The molecule has 8 heteroatoms. The van der Waals surface area contributed by atoms with Gasteiger partial charge >= 0.3 is 0 Å². The Hall–Kier alpha value is -2.48. The van der Waals surface area contributed by atoms with E-state index in [9.17, 15) is 4.79 Å². The van der Waals surface area contributed by atoms with Crippen molar-refractivity contribution in [3.63, 3.8) is 0 Å². The largest absolute Gasteiger partial charge is 0.383 e. The normalized spacial score (nSPS) is 10.7. The summed E-state index contributed by atoms with van der Waals surface area (Å²) in [6, 6.07) is 9.72. The topological polar surface area (TPSA) is 110 Å². The number of rotatable bonds is 7. The third kappa shape index (κ3) is 5.53. The minimum Gasteiger partial charge on any atom is -0.383 e. The lowest BCUT2D eigenvalue weighted by atomic mass is 10.2. The van der Waals surface area contributed by atoms with Crippen LogP contribution in [-0.2, 0) is 4.79 Å². The van der Waals surface area contributed by atoms with Crippen LogP contribution in [0.5, 0.6) is 0 Å². The zero-order valence-corrected chi connectivity index (χ0v) is 15.5.